The third-order valence-electron chi connectivity index (χ3n) is 2.70. The quantitative estimate of drug-likeness (QED) is 0.747. The molecule has 2 heterocycles. The summed E-state index contributed by atoms with van der Waals surface area (Å²) in [4.78, 5) is 16.5. The third kappa shape index (κ3) is 2.01. The summed E-state index contributed by atoms with van der Waals surface area (Å²) in [6, 6.07) is 0. The van der Waals surface area contributed by atoms with E-state index in [1.54, 1.807) is 34.9 Å². The molecule has 0 saturated heterocycles. The molecular formula is C12H16N4O2. The van der Waals surface area contributed by atoms with Crippen molar-refractivity contribution in [2.75, 3.05) is 7.11 Å². The van der Waals surface area contributed by atoms with Crippen molar-refractivity contribution in [1.82, 2.24) is 19.3 Å². The number of hydrogen-bond acceptors (Lipinski definition) is 4. The van der Waals surface area contributed by atoms with E-state index >= 15 is 0 Å². The van der Waals surface area contributed by atoms with Gasteiger partial charge in [0, 0.05) is 26.0 Å². The minimum Gasteiger partial charge on any atom is -0.493 e. The first kappa shape index (κ1) is 12.3. The van der Waals surface area contributed by atoms with Crippen molar-refractivity contribution in [2.45, 2.75) is 19.9 Å². The predicted molar refractivity (Wildman–Crippen MR) is 65.7 cm³/mol. The van der Waals surface area contributed by atoms with Gasteiger partial charge in [-0.3, -0.25) is 9.48 Å². The lowest BCUT2D eigenvalue weighted by Gasteiger charge is -2.07. The fourth-order valence-corrected chi connectivity index (χ4v) is 1.82. The Hall–Kier alpha value is -2.11. The van der Waals surface area contributed by atoms with E-state index in [1.165, 1.54) is 7.11 Å². The van der Waals surface area contributed by atoms with E-state index in [-0.39, 0.29) is 5.78 Å². The maximum atomic E-state index is 12.4. The van der Waals surface area contributed by atoms with E-state index in [2.05, 4.69) is 10.1 Å². The second-order valence-corrected chi connectivity index (χ2v) is 3.98. The number of carbonyl (C=O) groups excluding carboxylic acids is 1. The molecule has 0 saturated carbocycles. The maximum Gasteiger partial charge on any atom is 0.250 e. The van der Waals surface area contributed by atoms with Crippen LogP contribution in [-0.2, 0) is 13.6 Å². The highest BCUT2D eigenvalue weighted by Gasteiger charge is 2.23. The van der Waals surface area contributed by atoms with Gasteiger partial charge >= 0.3 is 0 Å². The first-order valence-electron chi connectivity index (χ1n) is 5.80. The van der Waals surface area contributed by atoms with Gasteiger partial charge in [0.2, 0.25) is 5.78 Å². The summed E-state index contributed by atoms with van der Waals surface area (Å²) in [5.41, 5.74) is 0.452. The summed E-state index contributed by atoms with van der Waals surface area (Å²) in [7, 11) is 3.32. The summed E-state index contributed by atoms with van der Waals surface area (Å²) < 4.78 is 8.54. The highest BCUT2D eigenvalue weighted by Crippen LogP contribution is 2.20. The molecule has 0 spiro atoms. The number of ketones is 1. The zero-order valence-electron chi connectivity index (χ0n) is 10.8. The van der Waals surface area contributed by atoms with Crippen LogP contribution >= 0.6 is 0 Å². The second kappa shape index (κ2) is 5.03. The molecule has 96 valence electrons. The van der Waals surface area contributed by atoms with Crippen molar-refractivity contribution in [1.29, 1.82) is 0 Å². The maximum absolute atomic E-state index is 12.4. The van der Waals surface area contributed by atoms with Crippen LogP contribution in [0.2, 0.25) is 0 Å². The van der Waals surface area contributed by atoms with Gasteiger partial charge < -0.3 is 9.30 Å². The molecule has 0 aromatic carbocycles. The van der Waals surface area contributed by atoms with Gasteiger partial charge in [-0.15, -0.1) is 0 Å². The van der Waals surface area contributed by atoms with Crippen LogP contribution in [-0.4, -0.2) is 32.2 Å². The monoisotopic (exact) mass is 248 g/mol. The summed E-state index contributed by atoms with van der Waals surface area (Å²) in [5.74, 6) is 0.688. The van der Waals surface area contributed by atoms with Crippen molar-refractivity contribution in [3.05, 3.63) is 30.1 Å². The number of nitrogens with zero attached hydrogens (tertiary/aromatic N) is 4. The lowest BCUT2D eigenvalue weighted by atomic mass is 10.2. The third-order valence-corrected chi connectivity index (χ3v) is 2.70. The summed E-state index contributed by atoms with van der Waals surface area (Å²) in [6.45, 7) is 2.71. The molecule has 0 amide bonds. The van der Waals surface area contributed by atoms with Gasteiger partial charge in [0.05, 0.1) is 13.3 Å². The fraction of sp³-hybridized carbons (Fsp3) is 0.417. The number of aromatic nitrogens is 4. The standard InChI is InChI=1S/C12H16N4O2/c1-4-6-16-10(9(18-3)8-14-16)11(17)12-13-5-7-15(12)2/h5,7-8H,4,6H2,1-3H3. The van der Waals surface area contributed by atoms with Gasteiger partial charge in [-0.1, -0.05) is 6.92 Å². The molecule has 0 aliphatic carbocycles. The van der Waals surface area contributed by atoms with Crippen LogP contribution in [0.15, 0.2) is 18.6 Å². The smallest absolute Gasteiger partial charge is 0.250 e. The Morgan fingerprint density at radius 1 is 1.50 bits per heavy atom. The van der Waals surface area contributed by atoms with Crippen LogP contribution in [0, 0.1) is 0 Å². The van der Waals surface area contributed by atoms with E-state index in [4.69, 9.17) is 4.74 Å². The Bertz CT molecular complexity index is 556. The van der Waals surface area contributed by atoms with Gasteiger partial charge in [0.15, 0.2) is 17.3 Å². The number of carbonyl (C=O) groups is 1. The molecular weight excluding hydrogens is 232 g/mol. The Morgan fingerprint density at radius 3 is 2.83 bits per heavy atom. The topological polar surface area (TPSA) is 61.9 Å². The Kier molecular flexibility index (Phi) is 3.45. The SMILES string of the molecule is CCCn1ncc(OC)c1C(=O)c1nccn1C. The lowest BCUT2D eigenvalue weighted by Crippen LogP contribution is -2.16. The molecule has 0 unspecified atom stereocenters. The van der Waals surface area contributed by atoms with Crippen molar-refractivity contribution >= 4 is 5.78 Å². The normalized spacial score (nSPS) is 10.6. The molecule has 2 aromatic rings. The summed E-state index contributed by atoms with van der Waals surface area (Å²) >= 11 is 0. The molecule has 6 heteroatoms. The van der Waals surface area contributed by atoms with Crippen LogP contribution in [0.1, 0.15) is 29.7 Å². The molecule has 0 N–H and O–H groups in total. The van der Waals surface area contributed by atoms with Gasteiger partial charge in [0.25, 0.3) is 0 Å². The molecule has 0 bridgehead atoms. The van der Waals surface area contributed by atoms with E-state index in [1.807, 2.05) is 6.92 Å². The largest absolute Gasteiger partial charge is 0.493 e. The molecule has 0 radical (unpaired) electrons. The summed E-state index contributed by atoms with van der Waals surface area (Å²) in [5, 5.41) is 4.17. The van der Waals surface area contributed by atoms with Crippen LogP contribution in [0.3, 0.4) is 0 Å². The number of methoxy groups -OCH3 is 1. The number of imidazole rings is 1. The average Bonchev–Trinajstić information content (AvgIpc) is 2.95. The first-order valence-corrected chi connectivity index (χ1v) is 5.80. The molecule has 0 aliphatic rings. The summed E-state index contributed by atoms with van der Waals surface area (Å²) in [6.07, 6.45) is 5.79. The number of ether oxygens (including phenoxy) is 1. The Morgan fingerprint density at radius 2 is 2.28 bits per heavy atom. The van der Waals surface area contributed by atoms with Crippen molar-refractivity contribution in [2.24, 2.45) is 7.05 Å². The Labute approximate surface area is 105 Å². The van der Waals surface area contributed by atoms with E-state index < -0.39 is 0 Å². The van der Waals surface area contributed by atoms with Gasteiger partial charge in [0.1, 0.15) is 0 Å². The van der Waals surface area contributed by atoms with E-state index in [9.17, 15) is 4.79 Å². The zero-order chi connectivity index (χ0) is 13.1. The number of hydrogen-bond donors (Lipinski definition) is 0. The van der Waals surface area contributed by atoms with Gasteiger partial charge in [-0.05, 0) is 6.42 Å². The molecule has 0 atom stereocenters. The van der Waals surface area contributed by atoms with Crippen LogP contribution in [0.5, 0.6) is 5.75 Å². The Balaban J connectivity index is 2.46. The minimum absolute atomic E-state index is 0.176. The molecule has 0 aliphatic heterocycles. The number of rotatable bonds is 5. The van der Waals surface area contributed by atoms with Crippen molar-refractivity contribution < 1.29 is 9.53 Å². The highest BCUT2D eigenvalue weighted by atomic mass is 16.5. The average molecular weight is 248 g/mol. The fourth-order valence-electron chi connectivity index (χ4n) is 1.82. The molecule has 0 fully saturated rings. The molecule has 18 heavy (non-hydrogen) atoms. The zero-order valence-corrected chi connectivity index (χ0v) is 10.8. The van der Waals surface area contributed by atoms with Crippen molar-refractivity contribution in [3.8, 4) is 5.75 Å². The molecule has 6 nitrogen and oxygen atoms in total. The van der Waals surface area contributed by atoms with Crippen molar-refractivity contribution in [3.63, 3.8) is 0 Å². The van der Waals surface area contributed by atoms with Crippen LogP contribution in [0.4, 0.5) is 0 Å². The molecule has 2 aromatic heterocycles. The van der Waals surface area contributed by atoms with Crippen LogP contribution in [0.25, 0.3) is 0 Å². The first-order chi connectivity index (χ1) is 8.69. The van der Waals surface area contributed by atoms with E-state index in [0.29, 0.717) is 23.8 Å². The van der Waals surface area contributed by atoms with Gasteiger partial charge in [-0.25, -0.2) is 4.98 Å². The van der Waals surface area contributed by atoms with Gasteiger partial charge in [-0.2, -0.15) is 5.10 Å². The highest BCUT2D eigenvalue weighted by molar-refractivity contribution is 6.07. The lowest BCUT2D eigenvalue weighted by molar-refractivity contribution is 0.101. The second-order valence-electron chi connectivity index (χ2n) is 3.98. The minimum atomic E-state index is -0.176. The van der Waals surface area contributed by atoms with E-state index in [0.717, 1.165) is 6.42 Å². The van der Waals surface area contributed by atoms with Crippen LogP contribution < -0.4 is 4.74 Å². The predicted octanol–water partition coefficient (Wildman–Crippen LogP) is 1.27. The molecule has 2 rings (SSSR count). The number of aryl methyl sites for hydroxylation is 2.